The van der Waals surface area contributed by atoms with Gasteiger partial charge in [-0.05, 0) is 135 Å². The SMILES string of the molecule is c1ccc(-c2c3ccccc3c(-c3cccc4oc5cc(-c6c7ccccc7c(-c7ccc8oc9ccc%10ccccc%10c9c8c7)c7ccccc67)ccc5c34)c3ccccc23)cc1. The van der Waals surface area contributed by atoms with Crippen LogP contribution in [0.4, 0.5) is 0 Å². The van der Waals surface area contributed by atoms with E-state index in [1.807, 2.05) is 0 Å². The molecular formula is C62H36O2. The molecule has 2 heterocycles. The summed E-state index contributed by atoms with van der Waals surface area (Å²) in [5, 5.41) is 16.7. The summed E-state index contributed by atoms with van der Waals surface area (Å²) >= 11 is 0. The maximum Gasteiger partial charge on any atom is 0.136 e. The molecule has 0 fully saturated rings. The van der Waals surface area contributed by atoms with Gasteiger partial charge in [0.2, 0.25) is 0 Å². The Hall–Kier alpha value is -8.46. The molecular weight excluding hydrogens is 777 g/mol. The molecule has 0 aliphatic rings. The minimum Gasteiger partial charge on any atom is -0.456 e. The van der Waals surface area contributed by atoms with Crippen LogP contribution in [-0.4, -0.2) is 0 Å². The molecule has 14 aromatic rings. The van der Waals surface area contributed by atoms with E-state index in [4.69, 9.17) is 8.83 Å². The van der Waals surface area contributed by atoms with Gasteiger partial charge in [-0.2, -0.15) is 0 Å². The van der Waals surface area contributed by atoms with E-state index in [-0.39, 0.29) is 0 Å². The van der Waals surface area contributed by atoms with Crippen molar-refractivity contribution in [1.82, 2.24) is 0 Å². The lowest BCUT2D eigenvalue weighted by atomic mass is 9.84. The van der Waals surface area contributed by atoms with Gasteiger partial charge < -0.3 is 8.83 Å². The molecule has 0 bridgehead atoms. The van der Waals surface area contributed by atoms with Crippen LogP contribution in [0.1, 0.15) is 0 Å². The maximum atomic E-state index is 6.90. The molecule has 2 nitrogen and oxygen atoms in total. The highest BCUT2D eigenvalue weighted by Gasteiger charge is 2.23. The van der Waals surface area contributed by atoms with Gasteiger partial charge in [-0.15, -0.1) is 0 Å². The molecule has 0 radical (unpaired) electrons. The molecule has 0 spiro atoms. The summed E-state index contributed by atoms with van der Waals surface area (Å²) in [7, 11) is 0. The van der Waals surface area contributed by atoms with Crippen LogP contribution in [0.25, 0.3) is 142 Å². The van der Waals surface area contributed by atoms with Gasteiger partial charge in [-0.1, -0.05) is 182 Å². The van der Waals surface area contributed by atoms with Crippen molar-refractivity contribution in [3.63, 3.8) is 0 Å². The van der Waals surface area contributed by atoms with E-state index in [9.17, 15) is 0 Å². The summed E-state index contributed by atoms with van der Waals surface area (Å²) in [5.74, 6) is 0. The zero-order valence-corrected chi connectivity index (χ0v) is 34.6. The Balaban J connectivity index is 0.988. The standard InChI is InChI=1S/C62H36O2/c1-2-16-38(17-3-1)57-46-23-10-12-25-48(46)60(49-26-13-11-24-47(49)57)51-27-14-28-54-62(51)50-32-29-40(36-56(50)64-54)59-44-21-8-6-19-42(44)58(43-20-7-9-22-45(43)59)39-31-33-53-52(35-39)61-41-18-5-4-15-37(41)30-34-55(61)63-53/h1-36H. The van der Waals surface area contributed by atoms with E-state index in [0.717, 1.165) is 49.4 Å². The molecule has 0 N–H and O–H groups in total. The van der Waals surface area contributed by atoms with E-state index in [1.54, 1.807) is 0 Å². The van der Waals surface area contributed by atoms with Crippen LogP contribution in [0.3, 0.4) is 0 Å². The van der Waals surface area contributed by atoms with Crippen LogP contribution in [0.2, 0.25) is 0 Å². The van der Waals surface area contributed by atoms with Crippen LogP contribution in [0.15, 0.2) is 227 Å². The van der Waals surface area contributed by atoms with E-state index >= 15 is 0 Å². The van der Waals surface area contributed by atoms with Crippen molar-refractivity contribution in [1.29, 1.82) is 0 Å². The van der Waals surface area contributed by atoms with Crippen LogP contribution >= 0.6 is 0 Å². The average Bonchev–Trinajstić information content (AvgIpc) is 3.93. The van der Waals surface area contributed by atoms with Gasteiger partial charge in [0.05, 0.1) is 0 Å². The van der Waals surface area contributed by atoms with Gasteiger partial charge in [0, 0.05) is 21.5 Å². The highest BCUT2D eigenvalue weighted by Crippen LogP contribution is 2.49. The fourth-order valence-corrected chi connectivity index (χ4v) is 11.0. The molecule has 12 aromatic carbocycles. The van der Waals surface area contributed by atoms with Crippen molar-refractivity contribution in [2.45, 2.75) is 0 Å². The molecule has 0 unspecified atom stereocenters. The van der Waals surface area contributed by atoms with Crippen LogP contribution in [0.5, 0.6) is 0 Å². The smallest absolute Gasteiger partial charge is 0.136 e. The number of furan rings is 2. The van der Waals surface area contributed by atoms with Crippen LogP contribution in [-0.2, 0) is 0 Å². The predicted molar refractivity (Wildman–Crippen MR) is 270 cm³/mol. The lowest BCUT2D eigenvalue weighted by Gasteiger charge is -2.18. The number of hydrogen-bond acceptors (Lipinski definition) is 2. The summed E-state index contributed by atoms with van der Waals surface area (Å²) in [6.07, 6.45) is 0. The first-order valence-corrected chi connectivity index (χ1v) is 22.0. The van der Waals surface area contributed by atoms with E-state index in [1.165, 1.54) is 92.8 Å². The molecule has 0 saturated heterocycles. The Morgan fingerprint density at radius 1 is 0.219 bits per heavy atom. The van der Waals surface area contributed by atoms with Crippen molar-refractivity contribution in [3.8, 4) is 44.5 Å². The van der Waals surface area contributed by atoms with Gasteiger partial charge in [0.25, 0.3) is 0 Å². The average molecular weight is 813 g/mol. The van der Waals surface area contributed by atoms with E-state index in [2.05, 4.69) is 218 Å². The third-order valence-electron chi connectivity index (χ3n) is 13.6. The first-order chi connectivity index (χ1) is 31.8. The topological polar surface area (TPSA) is 26.3 Å². The molecule has 14 rings (SSSR count). The number of rotatable bonds is 4. The van der Waals surface area contributed by atoms with Gasteiger partial charge >= 0.3 is 0 Å². The van der Waals surface area contributed by atoms with Crippen molar-refractivity contribution in [2.24, 2.45) is 0 Å². The Bertz CT molecular complexity index is 4130. The molecule has 64 heavy (non-hydrogen) atoms. The molecule has 0 aliphatic carbocycles. The second kappa shape index (κ2) is 13.5. The zero-order chi connectivity index (χ0) is 41.9. The van der Waals surface area contributed by atoms with Gasteiger partial charge in [0.1, 0.15) is 22.3 Å². The second-order valence-corrected chi connectivity index (χ2v) is 17.0. The summed E-state index contributed by atoms with van der Waals surface area (Å²) < 4.78 is 13.3. The molecule has 2 aromatic heterocycles. The number of benzene rings is 12. The fraction of sp³-hybridized carbons (Fsp3) is 0. The highest BCUT2D eigenvalue weighted by molar-refractivity contribution is 6.27. The summed E-state index contributed by atoms with van der Waals surface area (Å²) in [5.41, 5.74) is 13.1. The van der Waals surface area contributed by atoms with Gasteiger partial charge in [-0.25, -0.2) is 0 Å². The summed E-state index contributed by atoms with van der Waals surface area (Å²) in [4.78, 5) is 0. The lowest BCUT2D eigenvalue weighted by molar-refractivity contribution is 0.669. The molecule has 0 aliphatic heterocycles. The van der Waals surface area contributed by atoms with E-state index in [0.29, 0.717) is 0 Å². The Morgan fingerprint density at radius 3 is 1.31 bits per heavy atom. The first kappa shape index (κ1) is 35.2. The monoisotopic (exact) mass is 812 g/mol. The highest BCUT2D eigenvalue weighted by atomic mass is 16.3. The molecule has 296 valence electrons. The quantitative estimate of drug-likeness (QED) is 0.166. The maximum absolute atomic E-state index is 6.90. The summed E-state index contributed by atoms with van der Waals surface area (Å²) in [6.45, 7) is 0. The Morgan fingerprint density at radius 2 is 0.688 bits per heavy atom. The molecule has 0 amide bonds. The fourth-order valence-electron chi connectivity index (χ4n) is 11.0. The number of fused-ring (bicyclic) bond motifs is 12. The van der Waals surface area contributed by atoms with Gasteiger partial charge in [0.15, 0.2) is 0 Å². The van der Waals surface area contributed by atoms with Crippen molar-refractivity contribution >= 4 is 97.7 Å². The molecule has 0 saturated carbocycles. The predicted octanol–water partition coefficient (Wildman–Crippen LogP) is 17.9. The normalized spacial score (nSPS) is 12.1. The lowest BCUT2D eigenvalue weighted by Crippen LogP contribution is -1.91. The largest absolute Gasteiger partial charge is 0.456 e. The first-order valence-electron chi connectivity index (χ1n) is 22.0. The van der Waals surface area contributed by atoms with Crippen molar-refractivity contribution in [3.05, 3.63) is 218 Å². The minimum absolute atomic E-state index is 0.871. The third-order valence-corrected chi connectivity index (χ3v) is 13.6. The third kappa shape index (κ3) is 5.02. The van der Waals surface area contributed by atoms with Crippen LogP contribution in [0, 0.1) is 0 Å². The van der Waals surface area contributed by atoms with E-state index < -0.39 is 0 Å². The Kier molecular flexibility index (Phi) is 7.43. The zero-order valence-electron chi connectivity index (χ0n) is 34.6. The van der Waals surface area contributed by atoms with Crippen LogP contribution < -0.4 is 0 Å². The second-order valence-electron chi connectivity index (χ2n) is 17.0. The summed E-state index contributed by atoms with van der Waals surface area (Å²) in [6, 6.07) is 79.2. The van der Waals surface area contributed by atoms with Gasteiger partial charge in [-0.3, -0.25) is 0 Å². The number of hydrogen-bond donors (Lipinski definition) is 0. The molecule has 0 atom stereocenters. The molecule has 2 heteroatoms. The minimum atomic E-state index is 0.871. The van der Waals surface area contributed by atoms with Crippen molar-refractivity contribution < 1.29 is 8.83 Å². The van der Waals surface area contributed by atoms with Crippen molar-refractivity contribution in [2.75, 3.05) is 0 Å². The Labute approximate surface area is 367 Å².